The van der Waals surface area contributed by atoms with E-state index in [1.54, 1.807) is 28.3 Å². The molecule has 0 saturated carbocycles. The number of carbonyl (C=O) groups excluding carboxylic acids is 2. The molecular formula is C26H31BrN6O4. The highest BCUT2D eigenvalue weighted by atomic mass is 79.9. The van der Waals surface area contributed by atoms with Crippen molar-refractivity contribution in [3.8, 4) is 11.3 Å². The summed E-state index contributed by atoms with van der Waals surface area (Å²) in [7, 11) is 0. The molecule has 10 nitrogen and oxygen atoms in total. The number of pyridine rings is 2. The minimum Gasteiger partial charge on any atom is -0.444 e. The highest BCUT2D eigenvalue weighted by Gasteiger charge is 2.29. The van der Waals surface area contributed by atoms with Crippen LogP contribution in [0.25, 0.3) is 22.3 Å². The molecule has 0 N–H and O–H groups in total. The Labute approximate surface area is 224 Å². The van der Waals surface area contributed by atoms with E-state index in [0.29, 0.717) is 38.5 Å². The molecule has 0 aromatic carbocycles. The number of rotatable bonds is 3. The van der Waals surface area contributed by atoms with Gasteiger partial charge in [-0.1, -0.05) is 0 Å². The van der Waals surface area contributed by atoms with Crippen LogP contribution in [0.4, 0.5) is 4.79 Å². The lowest BCUT2D eigenvalue weighted by molar-refractivity contribution is -0.0368. The predicted molar refractivity (Wildman–Crippen MR) is 141 cm³/mol. The molecule has 3 aromatic heterocycles. The van der Waals surface area contributed by atoms with Gasteiger partial charge in [0.2, 0.25) is 0 Å². The first-order valence-corrected chi connectivity index (χ1v) is 13.4. The van der Waals surface area contributed by atoms with E-state index in [-0.39, 0.29) is 18.2 Å². The van der Waals surface area contributed by atoms with Crippen LogP contribution in [0.1, 0.15) is 56.8 Å². The maximum Gasteiger partial charge on any atom is 0.410 e. The van der Waals surface area contributed by atoms with E-state index in [0.717, 1.165) is 46.0 Å². The summed E-state index contributed by atoms with van der Waals surface area (Å²) in [6.45, 7) is 7.93. The van der Waals surface area contributed by atoms with Crippen LogP contribution in [-0.4, -0.2) is 79.9 Å². The Bertz CT molecular complexity index is 1290. The summed E-state index contributed by atoms with van der Waals surface area (Å²) in [5, 5.41) is 5.75. The van der Waals surface area contributed by atoms with Gasteiger partial charge in [0, 0.05) is 60.6 Å². The Hall–Kier alpha value is -3.05. The fourth-order valence-electron chi connectivity index (χ4n) is 4.57. The van der Waals surface area contributed by atoms with Crippen molar-refractivity contribution in [2.24, 2.45) is 0 Å². The predicted octanol–water partition coefficient (Wildman–Crippen LogP) is 4.65. The Morgan fingerprint density at radius 2 is 1.81 bits per heavy atom. The highest BCUT2D eigenvalue weighted by molar-refractivity contribution is 9.10. The van der Waals surface area contributed by atoms with Crippen molar-refractivity contribution in [3.05, 3.63) is 40.8 Å². The zero-order valence-electron chi connectivity index (χ0n) is 21.3. The molecule has 2 saturated heterocycles. The van der Waals surface area contributed by atoms with Gasteiger partial charge < -0.3 is 19.3 Å². The number of amides is 2. The standard InChI is InChI=1S/C26H31BrN6O4/c1-26(2,3)37-25(35)32-11-9-31(10-12-32)24(34)20-8-7-17(15-28-20)22-19-14-18(27)16-29-23(19)33(30-22)21-6-4-5-13-36-21/h7-8,14-16,21H,4-6,9-13H2,1-3H3. The maximum absolute atomic E-state index is 13.1. The largest absolute Gasteiger partial charge is 0.444 e. The van der Waals surface area contributed by atoms with Gasteiger partial charge in [0.1, 0.15) is 17.0 Å². The van der Waals surface area contributed by atoms with E-state index in [2.05, 4.69) is 25.9 Å². The molecule has 5 rings (SSSR count). The molecule has 2 fully saturated rings. The highest BCUT2D eigenvalue weighted by Crippen LogP contribution is 2.33. The second-order valence-corrected chi connectivity index (χ2v) is 11.2. The molecule has 37 heavy (non-hydrogen) atoms. The molecule has 1 unspecified atom stereocenters. The Morgan fingerprint density at radius 1 is 1.05 bits per heavy atom. The lowest BCUT2D eigenvalue weighted by Crippen LogP contribution is -2.51. The van der Waals surface area contributed by atoms with Crippen molar-refractivity contribution < 1.29 is 19.1 Å². The molecule has 0 radical (unpaired) electrons. The molecule has 1 atom stereocenters. The van der Waals surface area contributed by atoms with E-state index >= 15 is 0 Å². The van der Waals surface area contributed by atoms with Crippen molar-refractivity contribution in [2.75, 3.05) is 32.8 Å². The second-order valence-electron chi connectivity index (χ2n) is 10.3. The first-order valence-electron chi connectivity index (χ1n) is 12.6. The first kappa shape index (κ1) is 25.6. The van der Waals surface area contributed by atoms with Crippen molar-refractivity contribution in [2.45, 2.75) is 51.9 Å². The Balaban J connectivity index is 1.31. The minimum absolute atomic E-state index is 0.146. The molecule has 0 spiro atoms. The molecule has 196 valence electrons. The van der Waals surface area contributed by atoms with Gasteiger partial charge in [0.25, 0.3) is 5.91 Å². The van der Waals surface area contributed by atoms with Gasteiger partial charge >= 0.3 is 6.09 Å². The molecule has 2 amide bonds. The van der Waals surface area contributed by atoms with Gasteiger partial charge in [-0.25, -0.2) is 14.5 Å². The van der Waals surface area contributed by atoms with E-state index < -0.39 is 5.60 Å². The van der Waals surface area contributed by atoms with Gasteiger partial charge in [-0.15, -0.1) is 0 Å². The van der Waals surface area contributed by atoms with Gasteiger partial charge in [0.15, 0.2) is 11.9 Å². The molecule has 2 aliphatic heterocycles. The molecule has 5 heterocycles. The van der Waals surface area contributed by atoms with E-state index in [4.69, 9.17) is 14.6 Å². The fourth-order valence-corrected chi connectivity index (χ4v) is 4.90. The number of carbonyl (C=O) groups is 2. The van der Waals surface area contributed by atoms with Gasteiger partial charge in [-0.05, 0) is 74.2 Å². The molecule has 0 bridgehead atoms. The number of hydrogen-bond donors (Lipinski definition) is 0. The third-order valence-electron chi connectivity index (χ3n) is 6.42. The average molecular weight is 571 g/mol. The van der Waals surface area contributed by atoms with E-state index in [1.165, 1.54) is 0 Å². The Morgan fingerprint density at radius 3 is 2.46 bits per heavy atom. The van der Waals surface area contributed by atoms with Crippen molar-refractivity contribution in [1.82, 2.24) is 29.5 Å². The van der Waals surface area contributed by atoms with Crippen LogP contribution in [0.3, 0.4) is 0 Å². The van der Waals surface area contributed by atoms with Crippen LogP contribution in [0.5, 0.6) is 0 Å². The summed E-state index contributed by atoms with van der Waals surface area (Å²) in [5.41, 5.74) is 2.11. The lowest BCUT2D eigenvalue weighted by Gasteiger charge is -2.35. The number of halogens is 1. The zero-order valence-corrected chi connectivity index (χ0v) is 22.9. The summed E-state index contributed by atoms with van der Waals surface area (Å²) < 4.78 is 14.1. The SMILES string of the molecule is CC(C)(C)OC(=O)N1CCN(C(=O)c2ccc(-c3nn(C4CCCCO4)c4ncc(Br)cc34)cn2)CC1. The van der Waals surface area contributed by atoms with Crippen LogP contribution in [0.2, 0.25) is 0 Å². The summed E-state index contributed by atoms with van der Waals surface area (Å²) in [6.07, 6.45) is 5.97. The topological polar surface area (TPSA) is 103 Å². The van der Waals surface area contributed by atoms with Crippen LogP contribution in [0, 0.1) is 0 Å². The van der Waals surface area contributed by atoms with Gasteiger partial charge in [-0.2, -0.15) is 5.10 Å². The second kappa shape index (κ2) is 10.4. The van der Waals surface area contributed by atoms with Crippen molar-refractivity contribution in [1.29, 1.82) is 0 Å². The summed E-state index contributed by atoms with van der Waals surface area (Å²) >= 11 is 3.52. The van der Waals surface area contributed by atoms with Crippen LogP contribution in [-0.2, 0) is 9.47 Å². The monoisotopic (exact) mass is 570 g/mol. The molecule has 3 aromatic rings. The van der Waals surface area contributed by atoms with E-state index in [9.17, 15) is 9.59 Å². The lowest BCUT2D eigenvalue weighted by atomic mass is 10.1. The number of piperazine rings is 1. The average Bonchev–Trinajstić information content (AvgIpc) is 3.26. The molecule has 2 aliphatic rings. The van der Waals surface area contributed by atoms with Gasteiger partial charge in [0.05, 0.1) is 0 Å². The van der Waals surface area contributed by atoms with Gasteiger partial charge in [-0.3, -0.25) is 9.78 Å². The number of aromatic nitrogens is 4. The minimum atomic E-state index is -0.549. The summed E-state index contributed by atoms with van der Waals surface area (Å²) in [5.74, 6) is -0.161. The zero-order chi connectivity index (χ0) is 26.2. The Kier molecular flexibility index (Phi) is 7.17. The maximum atomic E-state index is 13.1. The van der Waals surface area contributed by atoms with Crippen LogP contribution >= 0.6 is 15.9 Å². The summed E-state index contributed by atoms with van der Waals surface area (Å²) in [6, 6.07) is 5.59. The number of hydrogen-bond acceptors (Lipinski definition) is 7. The normalized spacial score (nSPS) is 18.8. The fraction of sp³-hybridized carbons (Fsp3) is 0.500. The third kappa shape index (κ3) is 5.62. The first-order chi connectivity index (χ1) is 17.7. The van der Waals surface area contributed by atoms with E-state index in [1.807, 2.05) is 37.6 Å². The molecule has 0 aliphatic carbocycles. The quantitative estimate of drug-likeness (QED) is 0.451. The molecule has 11 heteroatoms. The van der Waals surface area contributed by atoms with Crippen molar-refractivity contribution in [3.63, 3.8) is 0 Å². The number of fused-ring (bicyclic) bond motifs is 1. The smallest absolute Gasteiger partial charge is 0.410 e. The van der Waals surface area contributed by atoms with Crippen LogP contribution < -0.4 is 0 Å². The number of ether oxygens (including phenoxy) is 2. The van der Waals surface area contributed by atoms with Crippen LogP contribution in [0.15, 0.2) is 35.1 Å². The number of nitrogens with zero attached hydrogens (tertiary/aromatic N) is 6. The summed E-state index contributed by atoms with van der Waals surface area (Å²) in [4.78, 5) is 37.8. The molecular weight excluding hydrogens is 540 g/mol. The third-order valence-corrected chi connectivity index (χ3v) is 6.85. The van der Waals surface area contributed by atoms with Crippen molar-refractivity contribution >= 4 is 39.0 Å².